The Kier molecular flexibility index (Phi) is 5.54. The molecule has 140 valence electrons. The van der Waals surface area contributed by atoms with Crippen LogP contribution in [-0.2, 0) is 14.3 Å². The minimum atomic E-state index is -0.954. The fraction of sp³-hybridized carbons (Fsp3) is 0.286. The van der Waals surface area contributed by atoms with Crippen molar-refractivity contribution in [3.63, 3.8) is 0 Å². The quantitative estimate of drug-likeness (QED) is 0.763. The number of hydrogen-bond acceptors (Lipinski definition) is 4. The van der Waals surface area contributed by atoms with Gasteiger partial charge in [0.15, 0.2) is 6.10 Å². The maximum absolute atomic E-state index is 12.7. The molecular weight excluding hydrogens is 344 g/mol. The molecule has 2 amide bonds. The molecule has 1 atom stereocenters. The number of hydrogen-bond donors (Lipinski definition) is 0. The van der Waals surface area contributed by atoms with Crippen molar-refractivity contribution < 1.29 is 19.1 Å². The molecule has 3 rings (SSSR count). The number of ether oxygens (including phenoxy) is 1. The average Bonchev–Trinajstić information content (AvgIpc) is 3.13. The molecule has 0 aromatic heterocycles. The van der Waals surface area contributed by atoms with E-state index in [0.717, 1.165) is 6.42 Å². The minimum absolute atomic E-state index is 0.0109. The molecule has 6 nitrogen and oxygen atoms in total. The number of anilines is 2. The van der Waals surface area contributed by atoms with Crippen molar-refractivity contribution in [2.75, 3.05) is 23.4 Å². The monoisotopic (exact) mass is 366 g/mol. The van der Waals surface area contributed by atoms with Gasteiger partial charge in [0.05, 0.1) is 11.3 Å². The standard InChI is InChI=1S/C21H22N2O4/c1-15(20(25)22(2)16-9-4-3-5-10-16)27-21(26)17-11-6-7-12-18(17)23-14-8-13-19(23)24/h3-7,9-12,15H,8,13-14H2,1-2H3/t15-/m1/s1. The number of benzene rings is 2. The number of rotatable bonds is 5. The molecule has 2 aromatic rings. The van der Waals surface area contributed by atoms with Gasteiger partial charge in [-0.15, -0.1) is 0 Å². The van der Waals surface area contributed by atoms with Crippen LogP contribution in [0.2, 0.25) is 0 Å². The van der Waals surface area contributed by atoms with E-state index < -0.39 is 12.1 Å². The van der Waals surface area contributed by atoms with Crippen molar-refractivity contribution in [3.8, 4) is 0 Å². The van der Waals surface area contributed by atoms with E-state index >= 15 is 0 Å². The minimum Gasteiger partial charge on any atom is -0.449 e. The normalized spacial score (nSPS) is 14.7. The summed E-state index contributed by atoms with van der Waals surface area (Å²) in [6, 6.07) is 16.0. The Morgan fingerprint density at radius 1 is 1.07 bits per heavy atom. The molecule has 0 N–H and O–H groups in total. The Balaban J connectivity index is 1.74. The molecule has 0 saturated carbocycles. The van der Waals surface area contributed by atoms with Crippen LogP contribution in [0.1, 0.15) is 30.1 Å². The van der Waals surface area contributed by atoms with E-state index in [2.05, 4.69) is 0 Å². The molecule has 2 aromatic carbocycles. The molecule has 6 heteroatoms. The molecular formula is C21H22N2O4. The van der Waals surface area contributed by atoms with Gasteiger partial charge < -0.3 is 14.5 Å². The molecule has 0 unspecified atom stereocenters. The molecule has 27 heavy (non-hydrogen) atoms. The number of nitrogens with zero attached hydrogens (tertiary/aromatic N) is 2. The van der Waals surface area contributed by atoms with E-state index in [-0.39, 0.29) is 17.4 Å². The van der Waals surface area contributed by atoms with Crippen molar-refractivity contribution >= 4 is 29.2 Å². The second kappa shape index (κ2) is 8.03. The number of para-hydroxylation sites is 2. The lowest BCUT2D eigenvalue weighted by Gasteiger charge is -2.23. The van der Waals surface area contributed by atoms with E-state index in [9.17, 15) is 14.4 Å². The maximum atomic E-state index is 12.7. The van der Waals surface area contributed by atoms with E-state index in [0.29, 0.717) is 24.3 Å². The van der Waals surface area contributed by atoms with Gasteiger partial charge in [-0.25, -0.2) is 4.79 Å². The van der Waals surface area contributed by atoms with Crippen molar-refractivity contribution in [2.24, 2.45) is 0 Å². The van der Waals surface area contributed by atoms with Gasteiger partial charge in [-0.2, -0.15) is 0 Å². The van der Waals surface area contributed by atoms with Crippen LogP contribution in [0, 0.1) is 0 Å². The molecule has 1 aliphatic rings. The van der Waals surface area contributed by atoms with Gasteiger partial charge >= 0.3 is 5.97 Å². The second-order valence-corrected chi connectivity index (χ2v) is 6.45. The Morgan fingerprint density at radius 2 is 1.74 bits per heavy atom. The largest absolute Gasteiger partial charge is 0.449 e. The first-order valence-electron chi connectivity index (χ1n) is 8.92. The summed E-state index contributed by atoms with van der Waals surface area (Å²) in [4.78, 5) is 40.3. The number of amides is 2. The number of carbonyl (C=O) groups is 3. The fourth-order valence-electron chi connectivity index (χ4n) is 3.11. The zero-order valence-electron chi connectivity index (χ0n) is 15.4. The lowest BCUT2D eigenvalue weighted by molar-refractivity contribution is -0.126. The highest BCUT2D eigenvalue weighted by Gasteiger charge is 2.28. The lowest BCUT2D eigenvalue weighted by Crippen LogP contribution is -2.37. The molecule has 1 saturated heterocycles. The summed E-state index contributed by atoms with van der Waals surface area (Å²) in [5, 5.41) is 0. The third kappa shape index (κ3) is 4.00. The smallest absolute Gasteiger partial charge is 0.341 e. The van der Waals surface area contributed by atoms with E-state index in [1.54, 1.807) is 55.3 Å². The first kappa shape index (κ1) is 18.6. The number of likely N-dealkylation sites (N-methyl/N-ethyl adjacent to an activating group) is 1. The molecule has 1 heterocycles. The van der Waals surface area contributed by atoms with Crippen LogP contribution >= 0.6 is 0 Å². The van der Waals surface area contributed by atoms with Crippen LogP contribution in [0.3, 0.4) is 0 Å². The fourth-order valence-corrected chi connectivity index (χ4v) is 3.11. The van der Waals surface area contributed by atoms with Gasteiger partial charge in [0.25, 0.3) is 5.91 Å². The number of carbonyl (C=O) groups excluding carboxylic acids is 3. The zero-order valence-corrected chi connectivity index (χ0v) is 15.4. The Bertz CT molecular complexity index is 850. The summed E-state index contributed by atoms with van der Waals surface area (Å²) in [5.41, 5.74) is 1.53. The Labute approximate surface area is 158 Å². The molecule has 0 aliphatic carbocycles. The Morgan fingerprint density at radius 3 is 2.41 bits per heavy atom. The molecule has 0 spiro atoms. The highest BCUT2D eigenvalue weighted by molar-refractivity contribution is 6.04. The molecule has 0 bridgehead atoms. The van der Waals surface area contributed by atoms with Gasteiger partial charge in [0, 0.05) is 25.7 Å². The van der Waals surface area contributed by atoms with Gasteiger partial charge in [0.2, 0.25) is 5.91 Å². The van der Waals surface area contributed by atoms with Crippen LogP contribution < -0.4 is 9.80 Å². The van der Waals surface area contributed by atoms with Crippen LogP contribution in [0.25, 0.3) is 0 Å². The summed E-state index contributed by atoms with van der Waals surface area (Å²) in [6.45, 7) is 2.12. The predicted molar refractivity (Wildman–Crippen MR) is 103 cm³/mol. The summed E-state index contributed by atoms with van der Waals surface area (Å²) in [6.07, 6.45) is 0.282. The maximum Gasteiger partial charge on any atom is 0.341 e. The highest BCUT2D eigenvalue weighted by Crippen LogP contribution is 2.26. The SMILES string of the molecule is C[C@@H](OC(=O)c1ccccc1N1CCCC1=O)C(=O)N(C)c1ccccc1. The van der Waals surface area contributed by atoms with Gasteiger partial charge in [-0.3, -0.25) is 9.59 Å². The summed E-state index contributed by atoms with van der Waals surface area (Å²) in [7, 11) is 1.64. The Hall–Kier alpha value is -3.15. The summed E-state index contributed by atoms with van der Waals surface area (Å²) >= 11 is 0. The first-order chi connectivity index (χ1) is 13.0. The van der Waals surface area contributed by atoms with Crippen molar-refractivity contribution in [1.29, 1.82) is 0 Å². The van der Waals surface area contributed by atoms with Crippen molar-refractivity contribution in [2.45, 2.75) is 25.9 Å². The first-order valence-corrected chi connectivity index (χ1v) is 8.92. The van der Waals surface area contributed by atoms with Crippen LogP contribution in [-0.4, -0.2) is 37.5 Å². The highest BCUT2D eigenvalue weighted by atomic mass is 16.5. The van der Waals surface area contributed by atoms with Gasteiger partial charge in [-0.05, 0) is 37.6 Å². The van der Waals surface area contributed by atoms with E-state index in [4.69, 9.17) is 4.74 Å². The zero-order chi connectivity index (χ0) is 19.4. The third-order valence-corrected chi connectivity index (χ3v) is 4.59. The van der Waals surface area contributed by atoms with Gasteiger partial charge in [-0.1, -0.05) is 30.3 Å². The number of esters is 1. The van der Waals surface area contributed by atoms with Crippen molar-refractivity contribution in [1.82, 2.24) is 0 Å². The predicted octanol–water partition coefficient (Wildman–Crippen LogP) is 3.02. The second-order valence-electron chi connectivity index (χ2n) is 6.45. The summed E-state index contributed by atoms with van der Waals surface area (Å²) < 4.78 is 5.41. The van der Waals surface area contributed by atoms with E-state index in [1.807, 2.05) is 18.2 Å². The van der Waals surface area contributed by atoms with Crippen LogP contribution in [0.4, 0.5) is 11.4 Å². The third-order valence-electron chi connectivity index (χ3n) is 4.59. The molecule has 0 radical (unpaired) electrons. The van der Waals surface area contributed by atoms with Crippen molar-refractivity contribution in [3.05, 3.63) is 60.2 Å². The summed E-state index contributed by atoms with van der Waals surface area (Å²) in [5.74, 6) is -0.958. The van der Waals surface area contributed by atoms with E-state index in [1.165, 1.54) is 4.90 Å². The van der Waals surface area contributed by atoms with Crippen LogP contribution in [0.15, 0.2) is 54.6 Å². The van der Waals surface area contributed by atoms with Gasteiger partial charge in [0.1, 0.15) is 0 Å². The topological polar surface area (TPSA) is 66.9 Å². The lowest BCUT2D eigenvalue weighted by atomic mass is 10.1. The molecule has 1 aliphatic heterocycles. The van der Waals surface area contributed by atoms with Crippen LogP contribution in [0.5, 0.6) is 0 Å². The average molecular weight is 366 g/mol. The molecule has 1 fully saturated rings.